The van der Waals surface area contributed by atoms with Gasteiger partial charge in [-0.2, -0.15) is 0 Å². The molecule has 160 valence electrons. The van der Waals surface area contributed by atoms with E-state index >= 15 is 0 Å². The van der Waals surface area contributed by atoms with E-state index in [0.717, 1.165) is 5.39 Å². The summed E-state index contributed by atoms with van der Waals surface area (Å²) in [6.07, 6.45) is -0.0211. The number of carbonyl (C=O) groups is 2. The molecule has 1 aliphatic heterocycles. The van der Waals surface area contributed by atoms with E-state index in [0.29, 0.717) is 21.7 Å². The van der Waals surface area contributed by atoms with Crippen molar-refractivity contribution in [2.75, 3.05) is 7.05 Å². The van der Waals surface area contributed by atoms with Crippen LogP contribution >= 0.6 is 11.6 Å². The Labute approximate surface area is 183 Å². The second kappa shape index (κ2) is 7.50. The van der Waals surface area contributed by atoms with Gasteiger partial charge in [-0.1, -0.05) is 17.7 Å². The average molecular weight is 442 g/mol. The Morgan fingerprint density at radius 1 is 1.32 bits per heavy atom. The van der Waals surface area contributed by atoms with Crippen LogP contribution in [0.4, 0.5) is 4.39 Å². The van der Waals surface area contributed by atoms with Gasteiger partial charge in [0.2, 0.25) is 11.7 Å². The summed E-state index contributed by atoms with van der Waals surface area (Å²) in [7, 11) is 1.52. The summed E-state index contributed by atoms with van der Waals surface area (Å²) in [5.41, 5.74) is 6.78. The van der Waals surface area contributed by atoms with E-state index < -0.39 is 11.4 Å². The third-order valence-electron chi connectivity index (χ3n) is 5.70. The Morgan fingerprint density at radius 3 is 2.77 bits per heavy atom. The molecule has 2 N–H and O–H groups in total. The van der Waals surface area contributed by atoms with E-state index in [4.69, 9.17) is 21.8 Å². The monoisotopic (exact) mass is 441 g/mol. The summed E-state index contributed by atoms with van der Waals surface area (Å²) in [6, 6.07) is 9.56. The molecule has 0 bridgehead atoms. The highest BCUT2D eigenvalue weighted by Gasteiger charge is 2.38. The van der Waals surface area contributed by atoms with Gasteiger partial charge in [0, 0.05) is 35.0 Å². The van der Waals surface area contributed by atoms with Crippen LogP contribution < -0.4 is 5.73 Å². The van der Waals surface area contributed by atoms with Crippen LogP contribution in [-0.2, 0) is 16.8 Å². The average Bonchev–Trinajstić information content (AvgIpc) is 3.03. The molecule has 6 nitrogen and oxygen atoms in total. The fourth-order valence-corrected chi connectivity index (χ4v) is 4.06. The van der Waals surface area contributed by atoms with Gasteiger partial charge in [-0.25, -0.2) is 9.38 Å². The number of benzene rings is 2. The zero-order chi connectivity index (χ0) is 22.5. The van der Waals surface area contributed by atoms with E-state index in [-0.39, 0.29) is 41.8 Å². The summed E-state index contributed by atoms with van der Waals surface area (Å²) in [5, 5.41) is 1.33. The minimum absolute atomic E-state index is 0.00476. The van der Waals surface area contributed by atoms with Gasteiger partial charge in [0.25, 0.3) is 0 Å². The number of hydrogen-bond donors (Lipinski definition) is 1. The second-order valence-electron chi connectivity index (χ2n) is 7.98. The highest BCUT2D eigenvalue weighted by Crippen LogP contribution is 2.35. The summed E-state index contributed by atoms with van der Waals surface area (Å²) in [4.78, 5) is 30.8. The van der Waals surface area contributed by atoms with Crippen molar-refractivity contribution in [2.45, 2.75) is 32.2 Å². The first kappa shape index (κ1) is 21.1. The molecule has 4 rings (SSSR count). The number of carbonyl (C=O) groups excluding carboxylic acids is 2. The number of Topliss-reactive ketones (excluding diaryl/α,β-unsaturated/α-hetero) is 1. The number of halogens is 2. The topological polar surface area (TPSA) is 88.9 Å². The number of nitrogens with zero attached hydrogens (tertiary/aromatic N) is 2. The van der Waals surface area contributed by atoms with Gasteiger partial charge in [0.15, 0.2) is 11.7 Å². The van der Waals surface area contributed by atoms with Gasteiger partial charge in [-0.15, -0.1) is 0 Å². The van der Waals surface area contributed by atoms with Crippen LogP contribution in [0.2, 0.25) is 5.02 Å². The molecule has 0 fully saturated rings. The van der Waals surface area contributed by atoms with Crippen LogP contribution in [0.15, 0.2) is 45.8 Å². The second-order valence-corrected chi connectivity index (χ2v) is 8.42. The lowest BCUT2D eigenvalue weighted by atomic mass is 9.85. The van der Waals surface area contributed by atoms with Crippen LogP contribution in [0.5, 0.6) is 0 Å². The van der Waals surface area contributed by atoms with Crippen LogP contribution in [0, 0.1) is 12.7 Å². The Bertz CT molecular complexity index is 1270. The van der Waals surface area contributed by atoms with Crippen molar-refractivity contribution in [1.29, 1.82) is 0 Å². The molecule has 3 aromatic rings. The van der Waals surface area contributed by atoms with Gasteiger partial charge in [0.05, 0.1) is 12.0 Å². The van der Waals surface area contributed by atoms with E-state index in [1.54, 1.807) is 44.2 Å². The Kier molecular flexibility index (Phi) is 5.09. The van der Waals surface area contributed by atoms with E-state index in [9.17, 15) is 14.0 Å². The minimum atomic E-state index is -1.15. The van der Waals surface area contributed by atoms with Crippen molar-refractivity contribution in [3.63, 3.8) is 0 Å². The molecule has 1 amide bonds. The number of aliphatic imine (C=N–C) groups is 1. The van der Waals surface area contributed by atoms with Crippen molar-refractivity contribution in [1.82, 2.24) is 4.90 Å². The molecule has 0 spiro atoms. The molecule has 0 aliphatic carbocycles. The van der Waals surface area contributed by atoms with Gasteiger partial charge in [-0.3, -0.25) is 14.5 Å². The smallest absolute Gasteiger partial charge is 0.231 e. The normalized spacial score (nSPS) is 19.1. The number of ketones is 1. The highest BCUT2D eigenvalue weighted by atomic mass is 35.5. The summed E-state index contributed by atoms with van der Waals surface area (Å²) < 4.78 is 20.4. The first-order chi connectivity index (χ1) is 14.6. The number of nitrogens with two attached hydrogens (primary N) is 1. The number of amides is 1. The lowest BCUT2D eigenvalue weighted by Crippen LogP contribution is -2.47. The van der Waals surface area contributed by atoms with Gasteiger partial charge >= 0.3 is 0 Å². The van der Waals surface area contributed by atoms with Crippen molar-refractivity contribution < 1.29 is 18.4 Å². The Morgan fingerprint density at radius 2 is 2.06 bits per heavy atom. The van der Waals surface area contributed by atoms with Gasteiger partial charge < -0.3 is 10.2 Å². The number of hydrogen-bond acceptors (Lipinski definition) is 5. The van der Waals surface area contributed by atoms with Crippen molar-refractivity contribution in [3.8, 4) is 0 Å². The van der Waals surface area contributed by atoms with E-state index in [1.807, 2.05) is 0 Å². The molecule has 1 unspecified atom stereocenters. The lowest BCUT2D eigenvalue weighted by molar-refractivity contribution is -0.128. The number of rotatable bonds is 4. The third kappa shape index (κ3) is 3.70. The molecule has 8 heteroatoms. The predicted molar refractivity (Wildman–Crippen MR) is 117 cm³/mol. The third-order valence-corrected chi connectivity index (χ3v) is 5.94. The molecule has 0 radical (unpaired) electrons. The van der Waals surface area contributed by atoms with Crippen LogP contribution in [0.1, 0.15) is 40.6 Å². The first-order valence-corrected chi connectivity index (χ1v) is 10.1. The maximum Gasteiger partial charge on any atom is 0.231 e. The molecule has 31 heavy (non-hydrogen) atoms. The fraction of sp³-hybridized carbons (Fsp3) is 0.261. The number of guanidine groups is 1. The largest absolute Gasteiger partial charge is 0.453 e. The first-order valence-electron chi connectivity index (χ1n) is 9.72. The number of furan rings is 1. The standard InChI is InChI=1S/C23H21ClFN3O3/c1-12-15-10-14(24)5-7-19(15)31-21(12)18(29)9-13-4-6-17(25)16(8-13)23(2)11-20(30)28(3)22(26)27-23/h4-8,10H,9,11H2,1-3H3,(H2,26,27). The summed E-state index contributed by atoms with van der Waals surface area (Å²) in [6.45, 7) is 3.45. The summed E-state index contributed by atoms with van der Waals surface area (Å²) >= 11 is 6.05. The molecular formula is C23H21ClFN3O3. The van der Waals surface area contributed by atoms with Crippen molar-refractivity contribution in [3.05, 3.63) is 69.7 Å². The van der Waals surface area contributed by atoms with Crippen LogP contribution in [-0.4, -0.2) is 29.6 Å². The van der Waals surface area contributed by atoms with Crippen LogP contribution in [0.3, 0.4) is 0 Å². The van der Waals surface area contributed by atoms with Gasteiger partial charge in [0.1, 0.15) is 11.4 Å². The molecule has 1 atom stereocenters. The maximum atomic E-state index is 14.7. The molecule has 1 aromatic heterocycles. The number of aryl methyl sites for hydroxylation is 1. The molecule has 2 aromatic carbocycles. The highest BCUT2D eigenvalue weighted by molar-refractivity contribution is 6.31. The zero-order valence-corrected chi connectivity index (χ0v) is 18.1. The van der Waals surface area contributed by atoms with Gasteiger partial charge in [-0.05, 0) is 49.7 Å². The summed E-state index contributed by atoms with van der Waals surface area (Å²) in [5.74, 6) is -0.744. The maximum absolute atomic E-state index is 14.7. The molecular weight excluding hydrogens is 421 g/mol. The molecule has 0 saturated heterocycles. The molecule has 1 aliphatic rings. The molecule has 2 heterocycles. The Balaban J connectivity index is 1.67. The van der Waals surface area contributed by atoms with Crippen molar-refractivity contribution >= 4 is 40.2 Å². The van der Waals surface area contributed by atoms with E-state index in [2.05, 4.69) is 4.99 Å². The van der Waals surface area contributed by atoms with E-state index in [1.165, 1.54) is 18.0 Å². The SMILES string of the molecule is Cc1c(C(=O)Cc2ccc(F)c(C3(C)CC(=O)N(C)C(N)=N3)c2)oc2ccc(Cl)cc12. The quantitative estimate of drug-likeness (QED) is 0.609. The number of fused-ring (bicyclic) bond motifs is 1. The predicted octanol–water partition coefficient (Wildman–Crippen LogP) is 4.35. The zero-order valence-electron chi connectivity index (χ0n) is 17.3. The van der Waals surface area contributed by atoms with Crippen LogP contribution in [0.25, 0.3) is 11.0 Å². The van der Waals surface area contributed by atoms with Crippen molar-refractivity contribution in [2.24, 2.45) is 10.7 Å². The Hall–Kier alpha value is -3.19. The minimum Gasteiger partial charge on any atom is -0.453 e. The lowest BCUT2D eigenvalue weighted by Gasteiger charge is -2.34. The fourth-order valence-electron chi connectivity index (χ4n) is 3.88. The molecule has 0 saturated carbocycles.